The van der Waals surface area contributed by atoms with Crippen LogP contribution in [0.15, 0.2) is 45.3 Å². The van der Waals surface area contributed by atoms with Crippen molar-refractivity contribution in [2.24, 2.45) is 0 Å². The summed E-state index contributed by atoms with van der Waals surface area (Å²) in [6, 6.07) is 11.6. The van der Waals surface area contributed by atoms with Crippen molar-refractivity contribution in [2.45, 2.75) is 6.54 Å². The highest BCUT2D eigenvalue weighted by atomic mass is 79.9. The lowest BCUT2D eigenvalue weighted by Gasteiger charge is -2.13. The standard InChI is InChI=1S/C16H17BrN2O4/c1-19(10-15(20)18-16(21)22-2)9-13-7-8-14(23-13)11-3-5-12(17)6-4-11/h3-8H,9-10H2,1-2H3,(H,18,20,21). The number of benzene rings is 1. The largest absolute Gasteiger partial charge is 0.460 e. The molecule has 0 aliphatic heterocycles. The molecule has 0 aliphatic rings. The third-order valence-electron chi connectivity index (χ3n) is 3.06. The molecule has 23 heavy (non-hydrogen) atoms. The molecule has 2 amide bonds. The average Bonchev–Trinajstić information content (AvgIpc) is 2.95. The molecule has 122 valence electrons. The molecule has 0 bridgehead atoms. The zero-order valence-corrected chi connectivity index (χ0v) is 14.4. The summed E-state index contributed by atoms with van der Waals surface area (Å²) < 4.78 is 11.2. The van der Waals surface area contributed by atoms with Crippen molar-refractivity contribution in [3.05, 3.63) is 46.6 Å². The second-order valence-corrected chi connectivity index (χ2v) is 5.90. The summed E-state index contributed by atoms with van der Waals surface area (Å²) in [4.78, 5) is 24.3. The van der Waals surface area contributed by atoms with E-state index in [4.69, 9.17) is 4.42 Å². The molecule has 0 aliphatic carbocycles. The highest BCUT2D eigenvalue weighted by molar-refractivity contribution is 9.10. The first-order valence-electron chi connectivity index (χ1n) is 6.89. The molecule has 2 rings (SSSR count). The Morgan fingerprint density at radius 1 is 1.22 bits per heavy atom. The van der Waals surface area contributed by atoms with Gasteiger partial charge in [0, 0.05) is 10.0 Å². The molecule has 1 N–H and O–H groups in total. The van der Waals surface area contributed by atoms with Crippen LogP contribution in [0.5, 0.6) is 0 Å². The quantitative estimate of drug-likeness (QED) is 0.862. The predicted molar refractivity (Wildman–Crippen MR) is 88.7 cm³/mol. The molecular weight excluding hydrogens is 364 g/mol. The molecule has 1 aromatic carbocycles. The van der Waals surface area contributed by atoms with Crippen LogP contribution >= 0.6 is 15.9 Å². The van der Waals surface area contributed by atoms with Gasteiger partial charge in [0.05, 0.1) is 20.2 Å². The van der Waals surface area contributed by atoms with Crippen molar-refractivity contribution in [3.8, 4) is 11.3 Å². The summed E-state index contributed by atoms with van der Waals surface area (Å²) in [5, 5.41) is 2.11. The van der Waals surface area contributed by atoms with Crippen LogP contribution in [0.4, 0.5) is 4.79 Å². The summed E-state index contributed by atoms with van der Waals surface area (Å²) in [6.07, 6.45) is -0.765. The van der Waals surface area contributed by atoms with Gasteiger partial charge >= 0.3 is 6.09 Å². The average molecular weight is 381 g/mol. The van der Waals surface area contributed by atoms with Gasteiger partial charge in [0.15, 0.2) is 0 Å². The van der Waals surface area contributed by atoms with Gasteiger partial charge < -0.3 is 9.15 Å². The Morgan fingerprint density at radius 3 is 2.57 bits per heavy atom. The van der Waals surface area contributed by atoms with Crippen LogP contribution in [0.25, 0.3) is 11.3 Å². The summed E-state index contributed by atoms with van der Waals surface area (Å²) >= 11 is 3.39. The Kier molecular flexibility index (Phi) is 5.95. The van der Waals surface area contributed by atoms with E-state index in [1.807, 2.05) is 36.4 Å². The van der Waals surface area contributed by atoms with Crippen LogP contribution < -0.4 is 5.32 Å². The fraction of sp³-hybridized carbons (Fsp3) is 0.250. The maximum Gasteiger partial charge on any atom is 0.413 e. The minimum atomic E-state index is -0.765. The van der Waals surface area contributed by atoms with Crippen molar-refractivity contribution in [1.29, 1.82) is 0 Å². The lowest BCUT2D eigenvalue weighted by atomic mass is 10.2. The molecule has 0 spiro atoms. The molecule has 0 unspecified atom stereocenters. The number of nitrogens with one attached hydrogen (secondary N) is 1. The topological polar surface area (TPSA) is 71.8 Å². The zero-order valence-electron chi connectivity index (χ0n) is 12.8. The number of nitrogens with zero attached hydrogens (tertiary/aromatic N) is 1. The molecule has 7 heteroatoms. The van der Waals surface area contributed by atoms with Crippen LogP contribution in [0.1, 0.15) is 5.76 Å². The second kappa shape index (κ2) is 7.94. The maximum atomic E-state index is 11.6. The number of alkyl carbamates (subject to hydrolysis) is 1. The number of methoxy groups -OCH3 is 1. The molecule has 0 atom stereocenters. The normalized spacial score (nSPS) is 10.6. The number of halogens is 1. The van der Waals surface area contributed by atoms with Gasteiger partial charge in [-0.1, -0.05) is 28.1 Å². The van der Waals surface area contributed by atoms with Gasteiger partial charge in [0.1, 0.15) is 11.5 Å². The van der Waals surface area contributed by atoms with E-state index in [2.05, 4.69) is 26.0 Å². The van der Waals surface area contributed by atoms with E-state index in [1.54, 1.807) is 11.9 Å². The van der Waals surface area contributed by atoms with Gasteiger partial charge in [-0.2, -0.15) is 0 Å². The Labute approximate surface area is 142 Å². The van der Waals surface area contributed by atoms with E-state index >= 15 is 0 Å². The van der Waals surface area contributed by atoms with Crippen LogP contribution in [0, 0.1) is 0 Å². The zero-order chi connectivity index (χ0) is 16.8. The summed E-state index contributed by atoms with van der Waals surface area (Å²) in [5.41, 5.74) is 0.977. The Balaban J connectivity index is 1.92. The number of rotatable bonds is 5. The fourth-order valence-electron chi connectivity index (χ4n) is 2.00. The smallest absolute Gasteiger partial charge is 0.413 e. The van der Waals surface area contributed by atoms with E-state index in [0.29, 0.717) is 6.54 Å². The first kappa shape index (κ1) is 17.2. The van der Waals surface area contributed by atoms with E-state index in [0.717, 1.165) is 21.6 Å². The number of imide groups is 1. The molecule has 1 aromatic heterocycles. The predicted octanol–water partition coefficient (Wildman–Crippen LogP) is 3.02. The number of hydrogen-bond donors (Lipinski definition) is 1. The van der Waals surface area contributed by atoms with E-state index in [9.17, 15) is 9.59 Å². The number of furan rings is 1. The maximum absolute atomic E-state index is 11.6. The summed E-state index contributed by atoms with van der Waals surface area (Å²) in [5.74, 6) is 1.07. The Hall–Kier alpha value is -2.12. The minimum absolute atomic E-state index is 0.0589. The summed E-state index contributed by atoms with van der Waals surface area (Å²) in [7, 11) is 2.97. The van der Waals surface area contributed by atoms with Crippen molar-refractivity contribution < 1.29 is 18.7 Å². The Morgan fingerprint density at radius 2 is 1.91 bits per heavy atom. The van der Waals surface area contributed by atoms with Crippen LogP contribution in [-0.4, -0.2) is 37.6 Å². The van der Waals surface area contributed by atoms with Gasteiger partial charge in [-0.25, -0.2) is 4.79 Å². The van der Waals surface area contributed by atoms with Crippen molar-refractivity contribution in [2.75, 3.05) is 20.7 Å². The Bertz CT molecular complexity index is 682. The van der Waals surface area contributed by atoms with Crippen LogP contribution in [0.2, 0.25) is 0 Å². The molecule has 1 heterocycles. The fourth-order valence-corrected chi connectivity index (χ4v) is 2.27. The molecule has 0 radical (unpaired) electrons. The monoisotopic (exact) mass is 380 g/mol. The summed E-state index contributed by atoms with van der Waals surface area (Å²) in [6.45, 7) is 0.508. The lowest BCUT2D eigenvalue weighted by molar-refractivity contribution is -0.121. The van der Waals surface area contributed by atoms with Gasteiger partial charge in [0.25, 0.3) is 0 Å². The molecule has 0 fully saturated rings. The molecule has 2 aromatic rings. The number of likely N-dealkylation sites (N-methyl/N-ethyl adjacent to an activating group) is 1. The number of ether oxygens (including phenoxy) is 1. The molecule has 6 nitrogen and oxygen atoms in total. The molecule has 0 saturated heterocycles. The third kappa shape index (κ3) is 5.22. The van der Waals surface area contributed by atoms with Crippen LogP contribution in [-0.2, 0) is 16.1 Å². The van der Waals surface area contributed by atoms with Crippen LogP contribution in [0.3, 0.4) is 0 Å². The lowest BCUT2D eigenvalue weighted by Crippen LogP contribution is -2.38. The minimum Gasteiger partial charge on any atom is -0.460 e. The molecule has 0 saturated carbocycles. The third-order valence-corrected chi connectivity index (χ3v) is 3.59. The van der Waals surface area contributed by atoms with Gasteiger partial charge in [0.2, 0.25) is 5.91 Å². The number of hydrogen-bond acceptors (Lipinski definition) is 5. The SMILES string of the molecule is COC(=O)NC(=O)CN(C)Cc1ccc(-c2ccc(Br)cc2)o1. The highest BCUT2D eigenvalue weighted by Gasteiger charge is 2.12. The first-order chi connectivity index (χ1) is 11.0. The van der Waals surface area contributed by atoms with E-state index < -0.39 is 12.0 Å². The van der Waals surface area contributed by atoms with Crippen molar-refractivity contribution in [1.82, 2.24) is 10.2 Å². The number of carbonyl (C=O) groups is 2. The first-order valence-corrected chi connectivity index (χ1v) is 7.68. The number of amides is 2. The van der Waals surface area contributed by atoms with Crippen molar-refractivity contribution in [3.63, 3.8) is 0 Å². The van der Waals surface area contributed by atoms with Gasteiger partial charge in [-0.05, 0) is 31.3 Å². The van der Waals surface area contributed by atoms with Crippen molar-refractivity contribution >= 4 is 27.9 Å². The van der Waals surface area contributed by atoms with E-state index in [1.165, 1.54) is 7.11 Å². The van der Waals surface area contributed by atoms with Gasteiger partial charge in [-0.3, -0.25) is 15.0 Å². The van der Waals surface area contributed by atoms with Gasteiger partial charge in [-0.15, -0.1) is 0 Å². The number of carbonyl (C=O) groups excluding carboxylic acids is 2. The highest BCUT2D eigenvalue weighted by Crippen LogP contribution is 2.24. The second-order valence-electron chi connectivity index (χ2n) is 4.98. The van der Waals surface area contributed by atoms with E-state index in [-0.39, 0.29) is 6.54 Å². The molecular formula is C16H17BrN2O4.